The van der Waals surface area contributed by atoms with Gasteiger partial charge < -0.3 is 15.0 Å². The molecule has 0 radical (unpaired) electrons. The first-order valence-corrected chi connectivity index (χ1v) is 15.5. The molecule has 0 saturated heterocycles. The molecular formula is C32H31Cl2N3O5S. The molecular weight excluding hydrogens is 609 g/mol. The van der Waals surface area contributed by atoms with Crippen molar-refractivity contribution in [2.24, 2.45) is 0 Å². The lowest BCUT2D eigenvalue weighted by atomic mass is 10.0. The SMILES string of the molecule is CNC(=O)[C@H](Cc1ccccc1)N(Cc1ccc(Cl)cc1Cl)C(=O)CN(c1cccc(OC)c1)S(=O)(=O)c1ccccc1. The van der Waals surface area contributed by atoms with E-state index in [2.05, 4.69) is 5.32 Å². The number of ether oxygens (including phenoxy) is 1. The summed E-state index contributed by atoms with van der Waals surface area (Å²) in [6.07, 6.45) is 0.183. The molecule has 0 aliphatic carbocycles. The lowest BCUT2D eigenvalue weighted by Gasteiger charge is -2.33. The summed E-state index contributed by atoms with van der Waals surface area (Å²) >= 11 is 12.6. The van der Waals surface area contributed by atoms with Gasteiger partial charge in [-0.15, -0.1) is 0 Å². The molecule has 1 atom stereocenters. The first-order chi connectivity index (χ1) is 20.6. The van der Waals surface area contributed by atoms with Crippen LogP contribution in [0.4, 0.5) is 5.69 Å². The minimum absolute atomic E-state index is 0.00468. The van der Waals surface area contributed by atoms with Gasteiger partial charge in [-0.2, -0.15) is 0 Å². The van der Waals surface area contributed by atoms with E-state index in [1.165, 1.54) is 37.3 Å². The van der Waals surface area contributed by atoms with E-state index in [-0.39, 0.29) is 23.5 Å². The molecule has 0 fully saturated rings. The molecule has 4 aromatic rings. The zero-order valence-electron chi connectivity index (χ0n) is 23.6. The fourth-order valence-electron chi connectivity index (χ4n) is 4.57. The minimum atomic E-state index is -4.22. The Bertz CT molecular complexity index is 1670. The summed E-state index contributed by atoms with van der Waals surface area (Å²) in [5.41, 5.74) is 1.58. The maximum absolute atomic E-state index is 14.3. The predicted molar refractivity (Wildman–Crippen MR) is 169 cm³/mol. The highest BCUT2D eigenvalue weighted by molar-refractivity contribution is 7.92. The summed E-state index contributed by atoms with van der Waals surface area (Å²) in [4.78, 5) is 29.0. The summed E-state index contributed by atoms with van der Waals surface area (Å²) in [5, 5.41) is 3.37. The largest absolute Gasteiger partial charge is 0.497 e. The Hall–Kier alpha value is -4.05. The Morgan fingerprint density at radius 2 is 1.56 bits per heavy atom. The van der Waals surface area contributed by atoms with E-state index in [0.717, 1.165) is 9.87 Å². The summed E-state index contributed by atoms with van der Waals surface area (Å²) in [5.74, 6) is -0.616. The maximum Gasteiger partial charge on any atom is 0.264 e. The van der Waals surface area contributed by atoms with E-state index >= 15 is 0 Å². The smallest absolute Gasteiger partial charge is 0.264 e. The number of hydrogen-bond donors (Lipinski definition) is 1. The number of likely N-dealkylation sites (N-methyl/N-ethyl adjacent to an activating group) is 1. The van der Waals surface area contributed by atoms with Crippen LogP contribution in [0.3, 0.4) is 0 Å². The van der Waals surface area contributed by atoms with Gasteiger partial charge in [0.25, 0.3) is 10.0 Å². The Labute approximate surface area is 261 Å². The molecule has 43 heavy (non-hydrogen) atoms. The van der Waals surface area contributed by atoms with Gasteiger partial charge >= 0.3 is 0 Å². The molecule has 0 bridgehead atoms. The summed E-state index contributed by atoms with van der Waals surface area (Å²) in [7, 11) is -1.26. The number of amides is 2. The number of halogens is 2. The first kappa shape index (κ1) is 31.9. The molecule has 1 N–H and O–H groups in total. The molecule has 11 heteroatoms. The van der Waals surface area contributed by atoms with E-state index in [9.17, 15) is 18.0 Å². The Balaban J connectivity index is 1.81. The lowest BCUT2D eigenvalue weighted by Crippen LogP contribution is -2.53. The Kier molecular flexibility index (Phi) is 10.7. The number of nitrogens with zero attached hydrogens (tertiary/aromatic N) is 2. The van der Waals surface area contributed by atoms with Gasteiger partial charge in [-0.3, -0.25) is 13.9 Å². The number of sulfonamides is 1. The molecule has 4 aromatic carbocycles. The van der Waals surface area contributed by atoms with Crippen molar-refractivity contribution in [3.05, 3.63) is 124 Å². The standard InChI is InChI=1S/C32H31Cl2N3O5S/c1-35-32(39)30(18-23-10-5-3-6-11-23)36(21-24-16-17-25(33)19-29(24)34)31(38)22-37(26-12-9-13-27(20-26)42-2)43(40,41)28-14-7-4-8-15-28/h3-17,19-20,30H,18,21-22H2,1-2H3,(H,35,39)/t30-/m0/s1. The molecule has 4 rings (SSSR count). The maximum atomic E-state index is 14.3. The normalized spacial score (nSPS) is 11.8. The molecule has 0 unspecified atom stereocenters. The highest BCUT2D eigenvalue weighted by Gasteiger charge is 2.34. The number of methoxy groups -OCH3 is 1. The highest BCUT2D eigenvalue weighted by atomic mass is 35.5. The number of anilines is 1. The van der Waals surface area contributed by atoms with Crippen molar-refractivity contribution in [1.82, 2.24) is 10.2 Å². The third-order valence-corrected chi connectivity index (χ3v) is 9.20. The molecule has 0 heterocycles. The number of nitrogens with one attached hydrogen (secondary N) is 1. The van der Waals surface area contributed by atoms with Gasteiger partial charge in [0.05, 0.1) is 17.7 Å². The van der Waals surface area contributed by atoms with E-state index < -0.39 is 34.4 Å². The fraction of sp³-hybridized carbons (Fsp3) is 0.188. The average molecular weight is 641 g/mol. The zero-order chi connectivity index (χ0) is 31.0. The van der Waals surface area contributed by atoms with Crippen molar-refractivity contribution in [2.75, 3.05) is 25.0 Å². The third kappa shape index (κ3) is 7.87. The van der Waals surface area contributed by atoms with Crippen molar-refractivity contribution in [3.8, 4) is 5.75 Å². The van der Waals surface area contributed by atoms with Crippen LogP contribution in [-0.2, 0) is 32.6 Å². The van der Waals surface area contributed by atoms with Crippen LogP contribution in [0.5, 0.6) is 5.75 Å². The lowest BCUT2D eigenvalue weighted by molar-refractivity contribution is -0.139. The molecule has 0 saturated carbocycles. The summed E-state index contributed by atoms with van der Waals surface area (Å²) in [6.45, 7) is -0.672. The van der Waals surface area contributed by atoms with Gasteiger partial charge in [-0.05, 0) is 47.5 Å². The van der Waals surface area contributed by atoms with Gasteiger partial charge in [0.1, 0.15) is 18.3 Å². The van der Waals surface area contributed by atoms with Crippen molar-refractivity contribution in [1.29, 1.82) is 0 Å². The second-order valence-corrected chi connectivity index (χ2v) is 12.3. The quantitative estimate of drug-likeness (QED) is 0.218. The van der Waals surface area contributed by atoms with E-state index in [4.69, 9.17) is 27.9 Å². The van der Waals surface area contributed by atoms with Crippen LogP contribution in [0.25, 0.3) is 0 Å². The van der Waals surface area contributed by atoms with Crippen molar-refractivity contribution in [2.45, 2.75) is 23.9 Å². The number of carbonyl (C=O) groups excluding carboxylic acids is 2. The van der Waals surface area contributed by atoms with Gasteiger partial charge in [0, 0.05) is 36.1 Å². The van der Waals surface area contributed by atoms with E-state index in [1.54, 1.807) is 54.6 Å². The Morgan fingerprint density at radius 3 is 2.19 bits per heavy atom. The summed E-state index contributed by atoms with van der Waals surface area (Å²) in [6, 6.07) is 27.4. The van der Waals surface area contributed by atoms with Gasteiger partial charge in [0.2, 0.25) is 11.8 Å². The highest BCUT2D eigenvalue weighted by Crippen LogP contribution is 2.29. The van der Waals surface area contributed by atoms with Gasteiger partial charge in [-0.25, -0.2) is 8.42 Å². The molecule has 0 aliphatic rings. The van der Waals surface area contributed by atoms with Gasteiger partial charge in [-0.1, -0.05) is 83.9 Å². The van der Waals surface area contributed by atoms with Crippen LogP contribution in [0, 0.1) is 0 Å². The van der Waals surface area contributed by atoms with Crippen LogP contribution in [-0.4, -0.2) is 51.9 Å². The molecule has 2 amide bonds. The fourth-order valence-corrected chi connectivity index (χ4v) is 6.46. The van der Waals surface area contributed by atoms with Crippen LogP contribution >= 0.6 is 23.2 Å². The number of carbonyl (C=O) groups is 2. The predicted octanol–water partition coefficient (Wildman–Crippen LogP) is 5.58. The minimum Gasteiger partial charge on any atom is -0.497 e. The van der Waals surface area contributed by atoms with Crippen molar-refractivity contribution in [3.63, 3.8) is 0 Å². The third-order valence-electron chi connectivity index (χ3n) is 6.82. The second-order valence-electron chi connectivity index (χ2n) is 9.60. The molecule has 0 aliphatic heterocycles. The molecule has 8 nitrogen and oxygen atoms in total. The molecule has 0 spiro atoms. The monoisotopic (exact) mass is 639 g/mol. The van der Waals surface area contributed by atoms with Crippen molar-refractivity contribution < 1.29 is 22.7 Å². The van der Waals surface area contributed by atoms with Gasteiger partial charge in [0.15, 0.2) is 0 Å². The Morgan fingerprint density at radius 1 is 0.884 bits per heavy atom. The topological polar surface area (TPSA) is 96.0 Å². The van der Waals surface area contributed by atoms with Crippen LogP contribution < -0.4 is 14.4 Å². The van der Waals surface area contributed by atoms with Crippen LogP contribution in [0.2, 0.25) is 10.0 Å². The second kappa shape index (κ2) is 14.4. The van der Waals surface area contributed by atoms with Crippen LogP contribution in [0.1, 0.15) is 11.1 Å². The average Bonchev–Trinajstić information content (AvgIpc) is 3.02. The van der Waals surface area contributed by atoms with Crippen LogP contribution in [0.15, 0.2) is 108 Å². The van der Waals surface area contributed by atoms with E-state index in [0.29, 0.717) is 21.4 Å². The number of rotatable bonds is 12. The number of hydrogen-bond acceptors (Lipinski definition) is 5. The number of benzene rings is 4. The molecule has 0 aromatic heterocycles. The van der Waals surface area contributed by atoms with E-state index in [1.807, 2.05) is 30.3 Å². The van der Waals surface area contributed by atoms with Crippen molar-refractivity contribution >= 4 is 50.7 Å². The summed E-state index contributed by atoms with van der Waals surface area (Å²) < 4.78 is 34.3. The first-order valence-electron chi connectivity index (χ1n) is 13.3. The molecule has 224 valence electrons. The zero-order valence-corrected chi connectivity index (χ0v) is 25.9.